The van der Waals surface area contributed by atoms with Crippen LogP contribution in [0, 0.1) is 5.92 Å². The van der Waals surface area contributed by atoms with Crippen LogP contribution in [0.2, 0.25) is 0 Å². The maximum atomic E-state index is 11.1. The van der Waals surface area contributed by atoms with E-state index in [-0.39, 0.29) is 18.3 Å². The van der Waals surface area contributed by atoms with E-state index in [9.17, 15) is 4.79 Å². The van der Waals surface area contributed by atoms with Gasteiger partial charge in [-0.1, -0.05) is 20.8 Å². The van der Waals surface area contributed by atoms with Crippen molar-refractivity contribution in [2.75, 3.05) is 26.4 Å². The number of carbonyl (C=O) groups excluding carboxylic acids is 1. The minimum absolute atomic E-state index is 0.0753. The van der Waals surface area contributed by atoms with E-state index in [4.69, 9.17) is 9.47 Å². The highest BCUT2D eigenvalue weighted by Gasteiger charge is 2.05. The first-order chi connectivity index (χ1) is 6.68. The average Bonchev–Trinajstić information content (AvgIpc) is 2.16. The van der Waals surface area contributed by atoms with Crippen LogP contribution in [0.5, 0.6) is 0 Å². The Morgan fingerprint density at radius 3 is 2.36 bits per heavy atom. The molecule has 0 N–H and O–H groups in total. The summed E-state index contributed by atoms with van der Waals surface area (Å²) in [6.45, 7) is 8.24. The molecule has 0 saturated heterocycles. The molecule has 0 saturated carbocycles. The summed E-state index contributed by atoms with van der Waals surface area (Å²) >= 11 is 0. The maximum Gasteiger partial charge on any atom is 0.160 e. The Bertz CT molecular complexity index is 143. The molecule has 0 aromatic rings. The summed E-state index contributed by atoms with van der Waals surface area (Å²) in [5, 5.41) is 0. The van der Waals surface area contributed by atoms with Crippen LogP contribution in [0.4, 0.5) is 0 Å². The van der Waals surface area contributed by atoms with Crippen LogP contribution in [-0.2, 0) is 14.3 Å². The Morgan fingerprint density at radius 1 is 1.14 bits per heavy atom. The van der Waals surface area contributed by atoms with Gasteiger partial charge in [0.2, 0.25) is 0 Å². The fraction of sp³-hybridized carbons (Fsp3) is 0.909. The Hall–Kier alpha value is -0.410. The summed E-state index contributed by atoms with van der Waals surface area (Å²) in [6.07, 6.45) is 1.91. The zero-order valence-corrected chi connectivity index (χ0v) is 9.54. The zero-order chi connectivity index (χ0) is 10.8. The maximum absolute atomic E-state index is 11.1. The molecule has 0 rings (SSSR count). The number of ketones is 1. The Labute approximate surface area is 86.8 Å². The van der Waals surface area contributed by atoms with Crippen LogP contribution in [0.25, 0.3) is 0 Å². The van der Waals surface area contributed by atoms with Crippen LogP contribution in [-0.4, -0.2) is 32.2 Å². The number of hydrogen-bond acceptors (Lipinski definition) is 3. The van der Waals surface area contributed by atoms with Gasteiger partial charge in [0, 0.05) is 25.7 Å². The highest BCUT2D eigenvalue weighted by Crippen LogP contribution is 1.95. The van der Waals surface area contributed by atoms with Gasteiger partial charge in [-0.15, -0.1) is 0 Å². The van der Waals surface area contributed by atoms with E-state index in [2.05, 4.69) is 6.92 Å². The molecule has 0 radical (unpaired) electrons. The van der Waals surface area contributed by atoms with Gasteiger partial charge in [0.05, 0.1) is 0 Å². The molecule has 3 nitrogen and oxygen atoms in total. The van der Waals surface area contributed by atoms with E-state index in [1.807, 2.05) is 13.8 Å². The summed E-state index contributed by atoms with van der Waals surface area (Å²) in [7, 11) is 0. The Morgan fingerprint density at radius 2 is 1.79 bits per heavy atom. The number of hydrogen-bond donors (Lipinski definition) is 0. The standard InChI is InChI=1S/C11H22O3/c1-4-6-13-7-5-8-14-9-11(12)10(2)3/h10H,4-9H2,1-3H3. The molecule has 84 valence electrons. The van der Waals surface area contributed by atoms with Crippen molar-refractivity contribution in [2.45, 2.75) is 33.6 Å². The second-order valence-corrected chi connectivity index (χ2v) is 3.64. The molecule has 0 aliphatic rings. The molecule has 0 unspecified atom stereocenters. The molecule has 0 aromatic carbocycles. The van der Waals surface area contributed by atoms with Crippen molar-refractivity contribution in [1.29, 1.82) is 0 Å². The van der Waals surface area contributed by atoms with Crippen molar-refractivity contribution in [3.05, 3.63) is 0 Å². The smallest absolute Gasteiger partial charge is 0.160 e. The lowest BCUT2D eigenvalue weighted by Gasteiger charge is -2.05. The number of carbonyl (C=O) groups is 1. The van der Waals surface area contributed by atoms with Gasteiger partial charge in [-0.3, -0.25) is 4.79 Å². The average molecular weight is 202 g/mol. The molecule has 0 bridgehead atoms. The van der Waals surface area contributed by atoms with Crippen LogP contribution in [0.1, 0.15) is 33.6 Å². The first kappa shape index (κ1) is 13.6. The van der Waals surface area contributed by atoms with Crippen molar-refractivity contribution in [3.63, 3.8) is 0 Å². The van der Waals surface area contributed by atoms with Crippen molar-refractivity contribution >= 4 is 5.78 Å². The van der Waals surface area contributed by atoms with Crippen LogP contribution in [0.15, 0.2) is 0 Å². The monoisotopic (exact) mass is 202 g/mol. The Balaban J connectivity index is 3.10. The van der Waals surface area contributed by atoms with Crippen molar-refractivity contribution in [1.82, 2.24) is 0 Å². The molecule has 0 aliphatic heterocycles. The van der Waals surface area contributed by atoms with E-state index in [0.29, 0.717) is 6.61 Å². The molecule has 0 heterocycles. The van der Waals surface area contributed by atoms with E-state index >= 15 is 0 Å². The second-order valence-electron chi connectivity index (χ2n) is 3.64. The predicted molar refractivity (Wildman–Crippen MR) is 56.4 cm³/mol. The molecule has 0 fully saturated rings. The summed E-state index contributed by atoms with van der Waals surface area (Å²) in [5.41, 5.74) is 0. The van der Waals surface area contributed by atoms with E-state index < -0.39 is 0 Å². The fourth-order valence-corrected chi connectivity index (χ4v) is 0.849. The summed E-state index contributed by atoms with van der Waals surface area (Å²) < 4.78 is 10.5. The fourth-order valence-electron chi connectivity index (χ4n) is 0.849. The molecule has 0 aromatic heterocycles. The quantitative estimate of drug-likeness (QED) is 0.537. The lowest BCUT2D eigenvalue weighted by atomic mass is 10.1. The second kappa shape index (κ2) is 9.16. The minimum Gasteiger partial charge on any atom is -0.381 e. The zero-order valence-electron chi connectivity index (χ0n) is 9.54. The first-order valence-electron chi connectivity index (χ1n) is 5.36. The molecule has 0 amide bonds. The largest absolute Gasteiger partial charge is 0.381 e. The van der Waals surface area contributed by atoms with Gasteiger partial charge in [-0.25, -0.2) is 0 Å². The molecule has 14 heavy (non-hydrogen) atoms. The third kappa shape index (κ3) is 8.20. The number of ether oxygens (including phenoxy) is 2. The molecule has 0 spiro atoms. The highest BCUT2D eigenvalue weighted by atomic mass is 16.5. The highest BCUT2D eigenvalue weighted by molar-refractivity contribution is 5.81. The molecular formula is C11H22O3. The van der Waals surface area contributed by atoms with Gasteiger partial charge in [0.1, 0.15) is 6.61 Å². The summed E-state index contributed by atoms with van der Waals surface area (Å²) in [5.74, 6) is 0.241. The van der Waals surface area contributed by atoms with Crippen molar-refractivity contribution in [2.24, 2.45) is 5.92 Å². The molecule has 0 aliphatic carbocycles. The molecule has 3 heteroatoms. The van der Waals surface area contributed by atoms with E-state index in [1.54, 1.807) is 0 Å². The van der Waals surface area contributed by atoms with Gasteiger partial charge in [0.15, 0.2) is 5.78 Å². The third-order valence-electron chi connectivity index (χ3n) is 1.81. The Kier molecular flexibility index (Phi) is 8.89. The normalized spacial score (nSPS) is 10.9. The summed E-state index contributed by atoms with van der Waals surface area (Å²) in [4.78, 5) is 11.1. The number of Topliss-reactive ketones (excluding diaryl/α,β-unsaturated/α-hetero) is 1. The van der Waals surface area contributed by atoms with E-state index in [1.165, 1.54) is 0 Å². The van der Waals surface area contributed by atoms with Crippen LogP contribution < -0.4 is 0 Å². The van der Waals surface area contributed by atoms with Crippen LogP contribution >= 0.6 is 0 Å². The summed E-state index contributed by atoms with van der Waals surface area (Å²) in [6, 6.07) is 0. The van der Waals surface area contributed by atoms with Gasteiger partial charge < -0.3 is 9.47 Å². The third-order valence-corrected chi connectivity index (χ3v) is 1.81. The number of rotatable bonds is 9. The van der Waals surface area contributed by atoms with Crippen LogP contribution in [0.3, 0.4) is 0 Å². The first-order valence-corrected chi connectivity index (χ1v) is 5.36. The van der Waals surface area contributed by atoms with Crippen molar-refractivity contribution < 1.29 is 14.3 Å². The minimum atomic E-state index is 0.0753. The topological polar surface area (TPSA) is 35.5 Å². The lowest BCUT2D eigenvalue weighted by Crippen LogP contribution is -2.15. The predicted octanol–water partition coefficient (Wildman–Crippen LogP) is 2.04. The molecular weight excluding hydrogens is 180 g/mol. The lowest BCUT2D eigenvalue weighted by molar-refractivity contribution is -0.126. The SMILES string of the molecule is CCCOCCCOCC(=O)C(C)C. The molecule has 0 atom stereocenters. The van der Waals surface area contributed by atoms with Gasteiger partial charge in [-0.05, 0) is 12.8 Å². The van der Waals surface area contributed by atoms with Gasteiger partial charge >= 0.3 is 0 Å². The van der Waals surface area contributed by atoms with Gasteiger partial charge in [0.25, 0.3) is 0 Å². The van der Waals surface area contributed by atoms with Gasteiger partial charge in [-0.2, -0.15) is 0 Å². The van der Waals surface area contributed by atoms with E-state index in [0.717, 1.165) is 26.1 Å². The van der Waals surface area contributed by atoms with Crippen molar-refractivity contribution in [3.8, 4) is 0 Å².